The van der Waals surface area contributed by atoms with Gasteiger partial charge in [-0.05, 0) is 37.3 Å². The van der Waals surface area contributed by atoms with E-state index in [1.54, 1.807) is 13.1 Å². The molecule has 1 aromatic rings. The maximum atomic E-state index is 12.3. The summed E-state index contributed by atoms with van der Waals surface area (Å²) in [4.78, 5) is 1.69. The molecule has 2 rings (SSSR count). The zero-order valence-corrected chi connectivity index (χ0v) is 13.8. The molecule has 3 nitrogen and oxygen atoms in total. The van der Waals surface area contributed by atoms with Gasteiger partial charge in [0.05, 0.1) is 0 Å². The summed E-state index contributed by atoms with van der Waals surface area (Å²) in [5.74, 6) is 0.500. The number of rotatable bonds is 5. The zero-order valence-electron chi connectivity index (χ0n) is 10.6. The summed E-state index contributed by atoms with van der Waals surface area (Å²) in [7, 11) is -1.60. The minimum atomic E-state index is -3.28. The summed E-state index contributed by atoms with van der Waals surface area (Å²) in [5, 5.41) is 0. The second-order valence-corrected chi connectivity index (χ2v) is 9.53. The van der Waals surface area contributed by atoms with Crippen molar-refractivity contribution in [3.63, 3.8) is 0 Å². The number of alkyl halides is 1. The molecule has 18 heavy (non-hydrogen) atoms. The van der Waals surface area contributed by atoms with E-state index in [4.69, 9.17) is 0 Å². The van der Waals surface area contributed by atoms with Crippen LogP contribution in [0, 0.1) is 5.92 Å². The lowest BCUT2D eigenvalue weighted by Crippen LogP contribution is -2.37. The smallest absolute Gasteiger partial charge is 0.206 e. The minimum absolute atomic E-state index is 0.469. The van der Waals surface area contributed by atoms with Gasteiger partial charge in [0, 0.05) is 23.3 Å². The van der Waals surface area contributed by atoms with Gasteiger partial charge in [-0.2, -0.15) is 4.31 Å². The Labute approximate surface area is 121 Å². The van der Waals surface area contributed by atoms with E-state index in [0.29, 0.717) is 21.5 Å². The lowest BCUT2D eigenvalue weighted by atomic mass is 9.85. The van der Waals surface area contributed by atoms with Crippen molar-refractivity contribution in [2.75, 3.05) is 13.6 Å². The summed E-state index contributed by atoms with van der Waals surface area (Å²) < 4.78 is 26.7. The maximum Gasteiger partial charge on any atom is 0.252 e. The number of hydrogen-bond acceptors (Lipinski definition) is 3. The van der Waals surface area contributed by atoms with Crippen molar-refractivity contribution in [2.24, 2.45) is 5.92 Å². The molecule has 0 amide bonds. The number of halogens is 1. The van der Waals surface area contributed by atoms with Gasteiger partial charge in [0.1, 0.15) is 4.21 Å². The first-order valence-corrected chi connectivity index (χ1v) is 9.29. The minimum Gasteiger partial charge on any atom is -0.206 e. The molecular formula is C12H18BrNO2S2. The molecule has 1 heterocycles. The monoisotopic (exact) mass is 351 g/mol. The fourth-order valence-electron chi connectivity index (χ4n) is 2.11. The van der Waals surface area contributed by atoms with Crippen LogP contribution in [0.1, 0.15) is 24.6 Å². The molecule has 102 valence electrons. The quantitative estimate of drug-likeness (QED) is 0.764. The van der Waals surface area contributed by atoms with Gasteiger partial charge in [-0.25, -0.2) is 8.42 Å². The number of sulfonamides is 1. The van der Waals surface area contributed by atoms with Crippen LogP contribution in [0.2, 0.25) is 0 Å². The van der Waals surface area contributed by atoms with Crippen LogP contribution in [-0.4, -0.2) is 31.1 Å². The van der Waals surface area contributed by atoms with Crippen molar-refractivity contribution in [2.45, 2.75) is 35.2 Å². The van der Waals surface area contributed by atoms with E-state index < -0.39 is 10.0 Å². The Morgan fingerprint density at radius 2 is 2.11 bits per heavy atom. The predicted octanol–water partition coefficient (Wildman–Crippen LogP) is 3.10. The molecule has 1 fully saturated rings. The van der Waals surface area contributed by atoms with Crippen LogP contribution in [0.25, 0.3) is 0 Å². The molecule has 0 atom stereocenters. The highest BCUT2D eigenvalue weighted by molar-refractivity contribution is 9.09. The lowest BCUT2D eigenvalue weighted by Gasteiger charge is -2.33. The standard InChI is InChI=1S/C12H18BrNO2S2/c1-3-11-4-5-12(17-11)18(15,16)14(2)8-9-6-10(13)7-9/h4-5,9-10H,3,6-8H2,1-2H3. The molecule has 0 aromatic carbocycles. The Kier molecular flexibility index (Phi) is 4.52. The molecule has 0 aliphatic heterocycles. The van der Waals surface area contributed by atoms with Crippen molar-refractivity contribution in [3.05, 3.63) is 17.0 Å². The van der Waals surface area contributed by atoms with Gasteiger partial charge in [0.25, 0.3) is 10.0 Å². The van der Waals surface area contributed by atoms with E-state index >= 15 is 0 Å². The number of hydrogen-bond donors (Lipinski definition) is 0. The average molecular weight is 352 g/mol. The molecule has 1 aliphatic rings. The summed E-state index contributed by atoms with van der Waals surface area (Å²) >= 11 is 4.92. The summed E-state index contributed by atoms with van der Waals surface area (Å²) in [6.07, 6.45) is 3.03. The van der Waals surface area contributed by atoms with E-state index in [-0.39, 0.29) is 0 Å². The van der Waals surface area contributed by atoms with Crippen LogP contribution < -0.4 is 0 Å². The third-order valence-electron chi connectivity index (χ3n) is 3.34. The second-order valence-electron chi connectivity index (χ2n) is 4.79. The molecule has 0 N–H and O–H groups in total. The molecule has 0 saturated heterocycles. The molecule has 0 spiro atoms. The summed E-state index contributed by atoms with van der Waals surface area (Å²) in [5.41, 5.74) is 0. The van der Waals surface area contributed by atoms with Crippen molar-refractivity contribution >= 4 is 37.3 Å². The number of nitrogens with zero attached hydrogens (tertiary/aromatic N) is 1. The molecule has 1 aromatic heterocycles. The van der Waals surface area contributed by atoms with Crippen LogP contribution in [0.15, 0.2) is 16.3 Å². The Hall–Kier alpha value is 0.0900. The van der Waals surface area contributed by atoms with Gasteiger partial charge in [0.2, 0.25) is 0 Å². The maximum absolute atomic E-state index is 12.3. The highest BCUT2D eigenvalue weighted by Crippen LogP contribution is 2.35. The van der Waals surface area contributed by atoms with E-state index in [1.165, 1.54) is 15.6 Å². The van der Waals surface area contributed by atoms with Gasteiger partial charge in [-0.3, -0.25) is 0 Å². The fraction of sp³-hybridized carbons (Fsp3) is 0.667. The van der Waals surface area contributed by atoms with E-state index in [0.717, 1.165) is 24.1 Å². The first kappa shape index (κ1) is 14.5. The third-order valence-corrected chi connectivity index (χ3v) is 7.61. The molecular weight excluding hydrogens is 334 g/mol. The van der Waals surface area contributed by atoms with Crippen LogP contribution in [0.3, 0.4) is 0 Å². The fourth-order valence-corrected chi connectivity index (χ4v) is 5.92. The topological polar surface area (TPSA) is 37.4 Å². The third kappa shape index (κ3) is 2.98. The van der Waals surface area contributed by atoms with E-state index in [2.05, 4.69) is 15.9 Å². The second kappa shape index (κ2) is 5.61. The van der Waals surface area contributed by atoms with Crippen LogP contribution in [-0.2, 0) is 16.4 Å². The highest BCUT2D eigenvalue weighted by atomic mass is 79.9. The van der Waals surface area contributed by atoms with Gasteiger partial charge >= 0.3 is 0 Å². The number of thiophene rings is 1. The summed E-state index contributed by atoms with van der Waals surface area (Å²) in [6.45, 7) is 2.67. The van der Waals surface area contributed by atoms with Crippen molar-refractivity contribution in [1.29, 1.82) is 0 Å². The Bertz CT molecular complexity index is 506. The Balaban J connectivity index is 2.05. The Morgan fingerprint density at radius 1 is 1.44 bits per heavy atom. The Morgan fingerprint density at radius 3 is 2.61 bits per heavy atom. The molecule has 6 heteroatoms. The van der Waals surface area contributed by atoms with Crippen molar-refractivity contribution < 1.29 is 8.42 Å². The zero-order chi connectivity index (χ0) is 13.3. The van der Waals surface area contributed by atoms with E-state index in [1.807, 2.05) is 13.0 Å². The molecule has 1 saturated carbocycles. The van der Waals surface area contributed by atoms with Gasteiger partial charge < -0.3 is 0 Å². The first-order chi connectivity index (χ1) is 8.43. The largest absolute Gasteiger partial charge is 0.252 e. The van der Waals surface area contributed by atoms with Crippen LogP contribution in [0.5, 0.6) is 0 Å². The van der Waals surface area contributed by atoms with Gasteiger partial charge in [-0.1, -0.05) is 22.9 Å². The molecule has 0 bridgehead atoms. The average Bonchev–Trinajstić information content (AvgIpc) is 2.75. The van der Waals surface area contributed by atoms with Crippen molar-refractivity contribution in [1.82, 2.24) is 4.31 Å². The number of aryl methyl sites for hydroxylation is 1. The highest BCUT2D eigenvalue weighted by Gasteiger charge is 2.31. The van der Waals surface area contributed by atoms with Gasteiger partial charge in [0.15, 0.2) is 0 Å². The molecule has 1 aliphatic carbocycles. The first-order valence-electron chi connectivity index (χ1n) is 6.12. The summed E-state index contributed by atoms with van der Waals surface area (Å²) in [6, 6.07) is 3.63. The van der Waals surface area contributed by atoms with E-state index in [9.17, 15) is 8.42 Å². The van der Waals surface area contributed by atoms with Gasteiger partial charge in [-0.15, -0.1) is 11.3 Å². The SMILES string of the molecule is CCc1ccc(S(=O)(=O)N(C)CC2CC(Br)C2)s1. The molecule has 0 unspecified atom stereocenters. The van der Waals surface area contributed by atoms with Crippen LogP contribution >= 0.6 is 27.3 Å². The normalized spacial score (nSPS) is 24.2. The predicted molar refractivity (Wildman–Crippen MR) is 79.0 cm³/mol. The van der Waals surface area contributed by atoms with Crippen LogP contribution in [0.4, 0.5) is 0 Å². The lowest BCUT2D eigenvalue weighted by molar-refractivity contribution is 0.275. The van der Waals surface area contributed by atoms with Crippen molar-refractivity contribution in [3.8, 4) is 0 Å². The molecule has 0 radical (unpaired) electrons.